The Kier molecular flexibility index (Phi) is 13.9. The van der Waals surface area contributed by atoms with Gasteiger partial charge in [-0.2, -0.15) is 4.31 Å². The van der Waals surface area contributed by atoms with Crippen LogP contribution in [-0.4, -0.2) is 82.2 Å². The molecule has 20 heteroatoms. The molecule has 11 atom stereocenters. The molecule has 5 aliphatic rings. The van der Waals surface area contributed by atoms with E-state index in [1.807, 2.05) is 48.5 Å². The van der Waals surface area contributed by atoms with Gasteiger partial charge < -0.3 is 24.0 Å². The molecule has 0 radical (unpaired) electrons. The fourth-order valence-electron chi connectivity index (χ4n) is 11.2. The third kappa shape index (κ3) is 8.45. The van der Waals surface area contributed by atoms with E-state index in [0.29, 0.717) is 0 Å². The summed E-state index contributed by atoms with van der Waals surface area (Å²) in [6.45, 7) is 4.27. The number of benzene rings is 2. The van der Waals surface area contributed by atoms with Crippen molar-refractivity contribution in [1.29, 1.82) is 0 Å². The Labute approximate surface area is 372 Å². The van der Waals surface area contributed by atoms with Gasteiger partial charge in [-0.05, 0) is 90.3 Å². The predicted molar refractivity (Wildman–Crippen MR) is 226 cm³/mol. The highest BCUT2D eigenvalue weighted by Gasteiger charge is 2.78. The zero-order valence-electron chi connectivity index (χ0n) is 35.6. The van der Waals surface area contributed by atoms with Gasteiger partial charge >= 0.3 is 27.6 Å². The van der Waals surface area contributed by atoms with E-state index in [0.717, 1.165) is 34.4 Å². The van der Waals surface area contributed by atoms with Crippen LogP contribution in [0.15, 0.2) is 72.3 Å². The number of alkyl halides is 3. The molecule has 0 saturated heterocycles. The van der Waals surface area contributed by atoms with Crippen LogP contribution < -0.4 is 0 Å². The van der Waals surface area contributed by atoms with Crippen LogP contribution in [0.1, 0.15) is 83.3 Å². The third-order valence-corrected chi connectivity index (χ3v) is 17.3. The monoisotopic (exact) mass is 954 g/mol. The molecule has 0 heterocycles. The highest BCUT2D eigenvalue weighted by Crippen LogP contribution is 2.73. The van der Waals surface area contributed by atoms with Crippen LogP contribution in [0.5, 0.6) is 0 Å². The molecular weight excluding hydrogens is 903 g/mol. The van der Waals surface area contributed by atoms with Gasteiger partial charge in [-0.1, -0.05) is 75.4 Å². The summed E-state index contributed by atoms with van der Waals surface area (Å²) < 4.78 is 106. The molecular formula is C44H51F3O14P2S. The molecule has 0 bridgehead atoms. The largest absolute Gasteiger partial charge is 0.483 e. The summed E-state index contributed by atoms with van der Waals surface area (Å²) in [5, 5.41) is -0.830. The number of carbonyl (C=O) groups is 4. The maximum absolute atomic E-state index is 18.6. The Morgan fingerprint density at radius 2 is 1.58 bits per heavy atom. The number of esters is 2. The van der Waals surface area contributed by atoms with E-state index in [2.05, 4.69) is 4.31 Å². The molecule has 2 N–H and O–H groups in total. The molecule has 2 aromatic rings. The number of ether oxygens (including phenoxy) is 3. The SMILES string of the molecule is CCC(=O)O[C@]1(C(=O)SCF)[C@H](C)C[C@H]2[C@@H]3C[C@H](F)C4=CC(=O)C=C[C@]4(C)[C@@]3(F)[C@@H](OCOP(=O)(O)OP(=O)(O)OCCCC(=O)OCC3c4ccccc4-c4ccccc43)C[C@@]21C. The molecule has 0 aliphatic heterocycles. The van der Waals surface area contributed by atoms with Gasteiger partial charge in [-0.25, -0.2) is 22.3 Å². The van der Waals surface area contributed by atoms with Crippen LogP contribution >= 0.6 is 27.4 Å². The number of carbonyl (C=O) groups excluding carboxylic acids is 4. The maximum atomic E-state index is 18.6. The van der Waals surface area contributed by atoms with E-state index in [4.69, 9.17) is 23.3 Å². The number of rotatable bonds is 17. The first-order valence-electron chi connectivity index (χ1n) is 21.0. The fourth-order valence-corrected chi connectivity index (χ4v) is 14.0. The average Bonchev–Trinajstić information content (AvgIpc) is 3.67. The van der Waals surface area contributed by atoms with Gasteiger partial charge in [0.1, 0.15) is 18.8 Å². The van der Waals surface area contributed by atoms with Crippen LogP contribution in [0.25, 0.3) is 11.1 Å². The minimum Gasteiger partial charge on any atom is -0.465 e. The quantitative estimate of drug-likeness (QED) is 0.0660. The van der Waals surface area contributed by atoms with Crippen molar-refractivity contribution in [2.75, 3.05) is 26.0 Å². The number of phosphoric acid groups is 2. The molecule has 2 aromatic carbocycles. The van der Waals surface area contributed by atoms with Gasteiger partial charge in [0.05, 0.1) is 12.7 Å². The average molecular weight is 955 g/mol. The second kappa shape index (κ2) is 18.3. The van der Waals surface area contributed by atoms with Crippen molar-refractivity contribution in [3.63, 3.8) is 0 Å². The summed E-state index contributed by atoms with van der Waals surface area (Å²) in [6.07, 6.45) is -1.62. The van der Waals surface area contributed by atoms with Gasteiger partial charge in [0.2, 0.25) is 5.12 Å². The number of ketones is 1. The van der Waals surface area contributed by atoms with E-state index in [9.17, 15) is 42.5 Å². The molecule has 14 nitrogen and oxygen atoms in total. The zero-order valence-corrected chi connectivity index (χ0v) is 38.2. The first-order chi connectivity index (χ1) is 30.2. The predicted octanol–water partition coefficient (Wildman–Crippen LogP) is 8.80. The summed E-state index contributed by atoms with van der Waals surface area (Å²) >= 11 is 0.278. The summed E-state index contributed by atoms with van der Waals surface area (Å²) in [5.41, 5.74) is -4.04. The van der Waals surface area contributed by atoms with Crippen molar-refractivity contribution in [3.05, 3.63) is 83.5 Å². The molecule has 2 unspecified atom stereocenters. The van der Waals surface area contributed by atoms with Gasteiger partial charge in [-0.15, -0.1) is 0 Å². The van der Waals surface area contributed by atoms with Crippen molar-refractivity contribution >= 4 is 50.2 Å². The van der Waals surface area contributed by atoms with Crippen molar-refractivity contribution in [2.45, 2.75) is 95.7 Å². The van der Waals surface area contributed by atoms with E-state index >= 15 is 8.78 Å². The van der Waals surface area contributed by atoms with E-state index < -0.39 is 123 Å². The minimum absolute atomic E-state index is 0.0553. The molecule has 0 spiro atoms. The van der Waals surface area contributed by atoms with Gasteiger partial charge in [0, 0.05) is 41.4 Å². The number of phosphoric ester groups is 2. The van der Waals surface area contributed by atoms with Gasteiger partial charge in [0.15, 0.2) is 23.8 Å². The fraction of sp³-hybridized carbons (Fsp3) is 0.545. The topological polar surface area (TPSA) is 198 Å². The Morgan fingerprint density at radius 1 is 0.938 bits per heavy atom. The van der Waals surface area contributed by atoms with Gasteiger partial charge in [-0.3, -0.25) is 28.2 Å². The molecule has 7 rings (SSSR count). The van der Waals surface area contributed by atoms with Crippen LogP contribution in [0.4, 0.5) is 13.2 Å². The molecule has 3 saturated carbocycles. The second-order valence-corrected chi connectivity index (χ2v) is 21.3. The molecule has 3 fully saturated rings. The molecule has 64 heavy (non-hydrogen) atoms. The highest BCUT2D eigenvalue weighted by atomic mass is 32.2. The lowest BCUT2D eigenvalue weighted by atomic mass is 9.44. The Hall–Kier alpha value is -3.44. The van der Waals surface area contributed by atoms with Crippen molar-refractivity contribution in [2.24, 2.45) is 28.6 Å². The van der Waals surface area contributed by atoms with E-state index in [1.165, 1.54) is 19.9 Å². The molecule has 5 aliphatic carbocycles. The molecule has 0 amide bonds. The highest BCUT2D eigenvalue weighted by molar-refractivity contribution is 8.13. The molecule has 0 aromatic heterocycles. The van der Waals surface area contributed by atoms with Crippen LogP contribution in [0.3, 0.4) is 0 Å². The lowest BCUT2D eigenvalue weighted by molar-refractivity contribution is -0.248. The lowest BCUT2D eigenvalue weighted by Gasteiger charge is -2.63. The third-order valence-electron chi connectivity index (χ3n) is 14.0. The lowest BCUT2D eigenvalue weighted by Crippen LogP contribution is -2.71. The first-order valence-corrected chi connectivity index (χ1v) is 25.0. The maximum Gasteiger partial charge on any atom is 0.483 e. The van der Waals surface area contributed by atoms with Crippen molar-refractivity contribution in [1.82, 2.24) is 0 Å². The summed E-state index contributed by atoms with van der Waals surface area (Å²) in [6, 6.07) is 14.4. The molecule has 348 valence electrons. The van der Waals surface area contributed by atoms with Crippen LogP contribution in [-0.2, 0) is 55.9 Å². The van der Waals surface area contributed by atoms with E-state index in [-0.39, 0.29) is 55.5 Å². The summed E-state index contributed by atoms with van der Waals surface area (Å²) in [4.78, 5) is 72.9. The number of fused-ring (bicyclic) bond motifs is 8. The smallest absolute Gasteiger partial charge is 0.465 e. The number of halogens is 3. The van der Waals surface area contributed by atoms with Crippen LogP contribution in [0, 0.1) is 28.6 Å². The zero-order chi connectivity index (χ0) is 46.5. The second-order valence-electron chi connectivity index (χ2n) is 17.4. The normalized spacial score (nSPS) is 33.4. The Morgan fingerprint density at radius 3 is 2.22 bits per heavy atom. The van der Waals surface area contributed by atoms with Gasteiger partial charge in [0.25, 0.3) is 0 Å². The summed E-state index contributed by atoms with van der Waals surface area (Å²) in [5.74, 6) is -5.11. The van der Waals surface area contributed by atoms with E-state index in [1.54, 1.807) is 13.8 Å². The first kappa shape index (κ1) is 48.5. The minimum atomic E-state index is -5.55. The number of hydrogen-bond acceptors (Lipinski definition) is 13. The Balaban J connectivity index is 1.01. The number of allylic oxidation sites excluding steroid dienone is 4. The van der Waals surface area contributed by atoms with Crippen LogP contribution in [0.2, 0.25) is 0 Å². The number of hydrogen-bond donors (Lipinski definition) is 2. The summed E-state index contributed by atoms with van der Waals surface area (Å²) in [7, 11) is -10.9. The standard InChI is InChI=1S/C44H51F3O14P2S/c1-5-38(49)60-44(40(51)64-24-45)26(2)19-33-34-21-36(46)35-20-27(48)16-17-41(35,3)43(34,47)37(22-42(33,44)4)57-25-59-63(54,55)61-62(52,53)58-18-10-15-39(50)56-23-32-30-13-8-6-11-28(30)29-12-7-9-14-31(29)32/h6-9,11-14,16-17,20,26,32-34,36-37H,5,10,15,18-19,21-25H2,1-4H3,(H,52,53)(H,54,55)/t26-,33+,34+,36+,37+,41+,42+,43+,44+/m1/s1. The Bertz CT molecular complexity index is 2300. The van der Waals surface area contributed by atoms with Crippen molar-refractivity contribution < 1.29 is 78.8 Å². The number of thioether (sulfide) groups is 1. The van der Waals surface area contributed by atoms with Crippen molar-refractivity contribution in [3.8, 4) is 11.1 Å².